The predicted molar refractivity (Wildman–Crippen MR) is 67.2 cm³/mol. The van der Waals surface area contributed by atoms with E-state index < -0.39 is 0 Å². The summed E-state index contributed by atoms with van der Waals surface area (Å²) in [6.07, 6.45) is 10.6. The number of nitrogens with one attached hydrogen (secondary N) is 1. The summed E-state index contributed by atoms with van der Waals surface area (Å²) in [7, 11) is 0. The molecule has 1 atom stereocenters. The quantitative estimate of drug-likeness (QED) is 0.820. The Hall–Kier alpha value is -0.890. The fraction of sp³-hybridized carbons (Fsp3) is 0.643. The monoisotopic (exact) mass is 218 g/mol. The number of pyridine rings is 1. The van der Waals surface area contributed by atoms with E-state index in [0.29, 0.717) is 6.04 Å². The molecule has 2 rings (SSSR count). The Morgan fingerprint density at radius 3 is 2.62 bits per heavy atom. The van der Waals surface area contributed by atoms with E-state index >= 15 is 0 Å². The fourth-order valence-corrected chi connectivity index (χ4v) is 2.72. The van der Waals surface area contributed by atoms with Gasteiger partial charge in [0.15, 0.2) is 0 Å². The predicted octanol–water partition coefficient (Wildman–Crippen LogP) is 3.31. The Labute approximate surface area is 98.5 Å². The third-order valence-corrected chi connectivity index (χ3v) is 3.55. The Morgan fingerprint density at radius 1 is 1.31 bits per heavy atom. The summed E-state index contributed by atoms with van der Waals surface area (Å²) >= 11 is 0. The van der Waals surface area contributed by atoms with Gasteiger partial charge in [0.05, 0.1) is 0 Å². The van der Waals surface area contributed by atoms with Crippen molar-refractivity contribution in [3.05, 3.63) is 30.1 Å². The van der Waals surface area contributed by atoms with Gasteiger partial charge in [-0.25, -0.2) is 0 Å². The average Bonchev–Trinajstić information content (AvgIpc) is 2.85. The molecule has 88 valence electrons. The second-order valence-corrected chi connectivity index (χ2v) is 4.76. The molecule has 0 amide bonds. The number of aromatic nitrogens is 1. The van der Waals surface area contributed by atoms with Crippen LogP contribution in [0.4, 0.5) is 0 Å². The minimum absolute atomic E-state index is 0.547. The molecule has 0 spiro atoms. The Kier molecular flexibility index (Phi) is 4.34. The molecule has 2 nitrogen and oxygen atoms in total. The zero-order valence-electron chi connectivity index (χ0n) is 10.2. The molecule has 1 heterocycles. The molecule has 0 aliphatic heterocycles. The van der Waals surface area contributed by atoms with E-state index in [-0.39, 0.29) is 0 Å². The molecule has 0 aromatic carbocycles. The van der Waals surface area contributed by atoms with Gasteiger partial charge in [-0.2, -0.15) is 0 Å². The van der Waals surface area contributed by atoms with Crippen molar-refractivity contribution in [2.75, 3.05) is 6.54 Å². The summed E-state index contributed by atoms with van der Waals surface area (Å²) in [6.45, 7) is 3.34. The molecule has 0 saturated heterocycles. The highest BCUT2D eigenvalue weighted by atomic mass is 14.9. The summed E-state index contributed by atoms with van der Waals surface area (Å²) < 4.78 is 0. The first-order valence-electron chi connectivity index (χ1n) is 6.55. The van der Waals surface area contributed by atoms with E-state index in [0.717, 1.165) is 12.5 Å². The molecule has 0 radical (unpaired) electrons. The first-order valence-corrected chi connectivity index (χ1v) is 6.55. The minimum atomic E-state index is 0.547. The maximum Gasteiger partial charge on any atom is 0.0349 e. The van der Waals surface area contributed by atoms with E-state index in [2.05, 4.69) is 29.4 Å². The Bertz CT molecular complexity index is 291. The van der Waals surface area contributed by atoms with Crippen molar-refractivity contribution in [1.29, 1.82) is 0 Å². The molecule has 1 aliphatic carbocycles. The lowest BCUT2D eigenvalue weighted by molar-refractivity contribution is 0.368. The molecule has 1 fully saturated rings. The van der Waals surface area contributed by atoms with Crippen molar-refractivity contribution >= 4 is 0 Å². The molecular weight excluding hydrogens is 196 g/mol. The smallest absolute Gasteiger partial charge is 0.0349 e. The van der Waals surface area contributed by atoms with Crippen molar-refractivity contribution in [3.8, 4) is 0 Å². The minimum Gasteiger partial charge on any atom is -0.310 e. The maximum absolute atomic E-state index is 4.11. The topological polar surface area (TPSA) is 24.9 Å². The van der Waals surface area contributed by atoms with Crippen molar-refractivity contribution in [3.63, 3.8) is 0 Å². The van der Waals surface area contributed by atoms with Gasteiger partial charge in [0.25, 0.3) is 0 Å². The van der Waals surface area contributed by atoms with Crippen LogP contribution in [0.2, 0.25) is 0 Å². The molecule has 1 N–H and O–H groups in total. The van der Waals surface area contributed by atoms with Gasteiger partial charge >= 0.3 is 0 Å². The van der Waals surface area contributed by atoms with Crippen LogP contribution in [0.3, 0.4) is 0 Å². The molecule has 1 aromatic rings. The summed E-state index contributed by atoms with van der Waals surface area (Å²) in [5.74, 6) is 0.828. The van der Waals surface area contributed by atoms with Gasteiger partial charge < -0.3 is 5.32 Å². The van der Waals surface area contributed by atoms with Crippen molar-refractivity contribution in [2.45, 2.75) is 45.1 Å². The van der Waals surface area contributed by atoms with Crippen LogP contribution in [-0.4, -0.2) is 11.5 Å². The van der Waals surface area contributed by atoms with Crippen molar-refractivity contribution < 1.29 is 0 Å². The molecule has 1 unspecified atom stereocenters. The van der Waals surface area contributed by atoms with Gasteiger partial charge in [0, 0.05) is 18.4 Å². The van der Waals surface area contributed by atoms with E-state index in [4.69, 9.17) is 0 Å². The Morgan fingerprint density at radius 2 is 2.00 bits per heavy atom. The van der Waals surface area contributed by atoms with Crippen LogP contribution < -0.4 is 5.32 Å². The molecule has 16 heavy (non-hydrogen) atoms. The summed E-state index contributed by atoms with van der Waals surface area (Å²) in [4.78, 5) is 4.11. The lowest BCUT2D eigenvalue weighted by atomic mass is 9.92. The highest BCUT2D eigenvalue weighted by molar-refractivity contribution is 5.16. The number of hydrogen-bond acceptors (Lipinski definition) is 2. The highest BCUT2D eigenvalue weighted by Crippen LogP contribution is 2.35. The van der Waals surface area contributed by atoms with Gasteiger partial charge in [0.1, 0.15) is 0 Å². The van der Waals surface area contributed by atoms with Gasteiger partial charge in [-0.3, -0.25) is 4.98 Å². The van der Waals surface area contributed by atoms with Gasteiger partial charge in [0.2, 0.25) is 0 Å². The van der Waals surface area contributed by atoms with E-state index in [9.17, 15) is 0 Å². The second kappa shape index (κ2) is 6.00. The van der Waals surface area contributed by atoms with E-state index in [1.807, 2.05) is 12.4 Å². The average molecular weight is 218 g/mol. The largest absolute Gasteiger partial charge is 0.310 e. The van der Waals surface area contributed by atoms with Crippen LogP contribution in [-0.2, 0) is 0 Å². The van der Waals surface area contributed by atoms with Gasteiger partial charge in [-0.05, 0) is 49.4 Å². The van der Waals surface area contributed by atoms with E-state index in [1.54, 1.807) is 0 Å². The Balaban J connectivity index is 2.07. The third kappa shape index (κ3) is 2.82. The van der Waals surface area contributed by atoms with Crippen LogP contribution in [0.15, 0.2) is 24.5 Å². The molecule has 2 heteroatoms. The summed E-state index contributed by atoms with van der Waals surface area (Å²) in [5, 5.41) is 3.70. The zero-order valence-corrected chi connectivity index (χ0v) is 10.2. The molecule has 0 bridgehead atoms. The molecule has 1 aliphatic rings. The van der Waals surface area contributed by atoms with Gasteiger partial charge in [-0.1, -0.05) is 19.8 Å². The molecule has 1 aromatic heterocycles. The standard InChI is InChI=1S/C14H22N2/c1-2-9-16-14(12-5-3-4-6-12)13-7-10-15-11-8-13/h7-8,10-12,14,16H,2-6,9H2,1H3. The number of rotatable bonds is 5. The normalized spacial score (nSPS) is 18.8. The fourth-order valence-electron chi connectivity index (χ4n) is 2.72. The molecular formula is C14H22N2. The third-order valence-electron chi connectivity index (χ3n) is 3.55. The lowest BCUT2D eigenvalue weighted by Gasteiger charge is -2.25. The highest BCUT2D eigenvalue weighted by Gasteiger charge is 2.25. The second-order valence-electron chi connectivity index (χ2n) is 4.76. The lowest BCUT2D eigenvalue weighted by Crippen LogP contribution is -2.27. The first-order chi connectivity index (χ1) is 7.92. The van der Waals surface area contributed by atoms with E-state index in [1.165, 1.54) is 37.7 Å². The maximum atomic E-state index is 4.11. The van der Waals surface area contributed by atoms with Crippen molar-refractivity contribution in [1.82, 2.24) is 10.3 Å². The first kappa shape index (κ1) is 11.6. The van der Waals surface area contributed by atoms with Crippen LogP contribution in [0, 0.1) is 5.92 Å². The SMILES string of the molecule is CCCNC(c1ccncc1)C1CCCC1. The number of nitrogens with zero attached hydrogens (tertiary/aromatic N) is 1. The zero-order chi connectivity index (χ0) is 11.2. The molecule has 1 saturated carbocycles. The summed E-state index contributed by atoms with van der Waals surface area (Å²) in [6, 6.07) is 4.86. The van der Waals surface area contributed by atoms with Crippen LogP contribution in [0.5, 0.6) is 0 Å². The van der Waals surface area contributed by atoms with Crippen molar-refractivity contribution in [2.24, 2.45) is 5.92 Å². The van der Waals surface area contributed by atoms with Crippen LogP contribution in [0.25, 0.3) is 0 Å². The van der Waals surface area contributed by atoms with Crippen LogP contribution in [0.1, 0.15) is 50.6 Å². The van der Waals surface area contributed by atoms with Crippen LogP contribution >= 0.6 is 0 Å². The number of hydrogen-bond donors (Lipinski definition) is 1. The van der Waals surface area contributed by atoms with Gasteiger partial charge in [-0.15, -0.1) is 0 Å². The summed E-state index contributed by atoms with van der Waals surface area (Å²) in [5.41, 5.74) is 1.41.